The highest BCUT2D eigenvalue weighted by Gasteiger charge is 2.21. The Hall–Kier alpha value is -0.810. The Morgan fingerprint density at radius 3 is 2.75 bits per heavy atom. The van der Waals surface area contributed by atoms with E-state index >= 15 is 0 Å². The van der Waals surface area contributed by atoms with Crippen LogP contribution in [0, 0.1) is 5.92 Å². The molecule has 0 atom stereocenters. The Bertz CT molecular complexity index is 203. The summed E-state index contributed by atoms with van der Waals surface area (Å²) in [5, 5.41) is 11.8. The van der Waals surface area contributed by atoms with Gasteiger partial charge in [0.25, 0.3) is 0 Å². The van der Waals surface area contributed by atoms with Crippen LogP contribution in [0.25, 0.3) is 0 Å². The van der Waals surface area contributed by atoms with Crippen molar-refractivity contribution in [3.63, 3.8) is 0 Å². The van der Waals surface area contributed by atoms with Crippen LogP contribution >= 0.6 is 0 Å². The van der Waals surface area contributed by atoms with Crippen molar-refractivity contribution in [1.29, 1.82) is 0 Å². The van der Waals surface area contributed by atoms with Gasteiger partial charge in [0.1, 0.15) is 0 Å². The highest BCUT2D eigenvalue weighted by Crippen LogP contribution is 2.15. The molecule has 0 unspecified atom stereocenters. The molecule has 5 nitrogen and oxygen atoms in total. The monoisotopic (exact) mass is 230 g/mol. The summed E-state index contributed by atoms with van der Waals surface area (Å²) in [5.41, 5.74) is 0. The smallest absolute Gasteiger partial charge is 0.317 e. The number of amides is 2. The highest BCUT2D eigenvalue weighted by atomic mass is 16.5. The van der Waals surface area contributed by atoms with Crippen LogP contribution in [-0.4, -0.2) is 55.5 Å². The van der Waals surface area contributed by atoms with E-state index in [1.807, 2.05) is 6.92 Å². The van der Waals surface area contributed by atoms with Crippen LogP contribution in [0.15, 0.2) is 0 Å². The molecule has 0 aromatic heterocycles. The van der Waals surface area contributed by atoms with Gasteiger partial charge in [-0.3, -0.25) is 0 Å². The third-order valence-electron chi connectivity index (χ3n) is 2.89. The molecule has 0 bridgehead atoms. The third kappa shape index (κ3) is 4.37. The number of rotatable bonds is 5. The summed E-state index contributed by atoms with van der Waals surface area (Å²) in [7, 11) is 0. The number of aliphatic hydroxyl groups is 1. The fourth-order valence-electron chi connectivity index (χ4n) is 1.80. The fourth-order valence-corrected chi connectivity index (χ4v) is 1.80. The van der Waals surface area contributed by atoms with Crippen molar-refractivity contribution in [2.45, 2.75) is 19.8 Å². The number of nitrogens with zero attached hydrogens (tertiary/aromatic N) is 1. The second-order valence-corrected chi connectivity index (χ2v) is 4.04. The number of likely N-dealkylation sites (tertiary alicyclic amines) is 1. The molecule has 1 saturated heterocycles. The first-order valence-corrected chi connectivity index (χ1v) is 5.99. The predicted molar refractivity (Wildman–Crippen MR) is 61.3 cm³/mol. The van der Waals surface area contributed by atoms with E-state index in [-0.39, 0.29) is 12.6 Å². The van der Waals surface area contributed by atoms with Crippen molar-refractivity contribution in [3.8, 4) is 0 Å². The largest absolute Gasteiger partial charge is 0.396 e. The van der Waals surface area contributed by atoms with Gasteiger partial charge < -0.3 is 20.1 Å². The molecule has 1 aliphatic rings. The summed E-state index contributed by atoms with van der Waals surface area (Å²) in [6.45, 7) is 5.46. The molecule has 1 aliphatic heterocycles. The summed E-state index contributed by atoms with van der Waals surface area (Å²) < 4.78 is 5.14. The molecule has 0 aromatic carbocycles. The van der Waals surface area contributed by atoms with Crippen LogP contribution in [-0.2, 0) is 4.74 Å². The summed E-state index contributed by atoms with van der Waals surface area (Å²) in [4.78, 5) is 13.5. The van der Waals surface area contributed by atoms with E-state index in [1.165, 1.54) is 0 Å². The lowest BCUT2D eigenvalue weighted by molar-refractivity contribution is 0.129. The zero-order chi connectivity index (χ0) is 11.8. The summed E-state index contributed by atoms with van der Waals surface area (Å²) in [5.74, 6) is 0.368. The number of urea groups is 1. The molecule has 5 heteroatoms. The van der Waals surface area contributed by atoms with Crippen LogP contribution in [0.5, 0.6) is 0 Å². The average molecular weight is 230 g/mol. The van der Waals surface area contributed by atoms with Crippen LogP contribution in [0.1, 0.15) is 19.8 Å². The van der Waals surface area contributed by atoms with E-state index in [1.54, 1.807) is 4.90 Å². The molecule has 0 aliphatic carbocycles. The summed E-state index contributed by atoms with van der Waals surface area (Å²) in [6.07, 6.45) is 1.80. The van der Waals surface area contributed by atoms with Crippen LogP contribution < -0.4 is 5.32 Å². The van der Waals surface area contributed by atoms with Crippen molar-refractivity contribution in [2.75, 3.05) is 39.5 Å². The number of hydrogen-bond acceptors (Lipinski definition) is 3. The van der Waals surface area contributed by atoms with Gasteiger partial charge in [-0.15, -0.1) is 0 Å². The summed E-state index contributed by atoms with van der Waals surface area (Å²) >= 11 is 0. The molecule has 0 aromatic rings. The zero-order valence-corrected chi connectivity index (χ0v) is 9.95. The second-order valence-electron chi connectivity index (χ2n) is 4.04. The first kappa shape index (κ1) is 13.3. The molecule has 1 fully saturated rings. The molecule has 2 N–H and O–H groups in total. The van der Waals surface area contributed by atoms with Crippen molar-refractivity contribution < 1.29 is 14.6 Å². The Kier molecular flexibility index (Phi) is 6.18. The first-order chi connectivity index (χ1) is 7.77. The second kappa shape index (κ2) is 7.46. The van der Waals surface area contributed by atoms with Gasteiger partial charge in [-0.1, -0.05) is 0 Å². The van der Waals surface area contributed by atoms with E-state index in [2.05, 4.69) is 5.32 Å². The van der Waals surface area contributed by atoms with E-state index in [9.17, 15) is 4.79 Å². The van der Waals surface area contributed by atoms with E-state index < -0.39 is 0 Å². The van der Waals surface area contributed by atoms with Gasteiger partial charge in [0.2, 0.25) is 0 Å². The molecule has 94 valence electrons. The number of carbonyl (C=O) groups excluding carboxylic acids is 1. The van der Waals surface area contributed by atoms with Gasteiger partial charge in [-0.25, -0.2) is 4.79 Å². The number of ether oxygens (including phenoxy) is 1. The quantitative estimate of drug-likeness (QED) is 0.674. The lowest BCUT2D eigenvalue weighted by Crippen LogP contribution is -2.45. The van der Waals surface area contributed by atoms with Crippen molar-refractivity contribution in [1.82, 2.24) is 10.2 Å². The molecule has 1 rings (SSSR count). The van der Waals surface area contributed by atoms with Gasteiger partial charge in [-0.2, -0.15) is 0 Å². The van der Waals surface area contributed by atoms with Gasteiger partial charge in [0.15, 0.2) is 0 Å². The maximum atomic E-state index is 11.7. The molecule has 0 saturated carbocycles. The van der Waals surface area contributed by atoms with Crippen LogP contribution in [0.4, 0.5) is 4.79 Å². The van der Waals surface area contributed by atoms with Gasteiger partial charge in [-0.05, 0) is 25.7 Å². The van der Waals surface area contributed by atoms with Gasteiger partial charge in [0.05, 0.1) is 6.61 Å². The topological polar surface area (TPSA) is 61.8 Å². The lowest BCUT2D eigenvalue weighted by atomic mass is 9.98. The zero-order valence-electron chi connectivity index (χ0n) is 9.95. The van der Waals surface area contributed by atoms with Crippen molar-refractivity contribution in [2.24, 2.45) is 5.92 Å². The normalized spacial score (nSPS) is 17.5. The minimum absolute atomic E-state index is 0.0175. The van der Waals surface area contributed by atoms with Gasteiger partial charge >= 0.3 is 6.03 Å². The number of carbonyl (C=O) groups is 1. The number of nitrogens with one attached hydrogen (secondary N) is 1. The molecule has 1 heterocycles. The molecule has 0 radical (unpaired) electrons. The Labute approximate surface area is 96.8 Å². The minimum atomic E-state index is -0.0175. The maximum Gasteiger partial charge on any atom is 0.317 e. The van der Waals surface area contributed by atoms with E-state index in [4.69, 9.17) is 9.84 Å². The predicted octanol–water partition coefficient (Wildman–Crippen LogP) is 0.437. The Morgan fingerprint density at radius 2 is 2.19 bits per heavy atom. The lowest BCUT2D eigenvalue weighted by Gasteiger charge is -2.31. The van der Waals surface area contributed by atoms with Gasteiger partial charge in [0, 0.05) is 32.8 Å². The number of aliphatic hydroxyl groups excluding tert-OH is 1. The maximum absolute atomic E-state index is 11.7. The first-order valence-electron chi connectivity index (χ1n) is 5.99. The van der Waals surface area contributed by atoms with E-state index in [0.717, 1.165) is 25.9 Å². The fraction of sp³-hybridized carbons (Fsp3) is 0.909. The molecular weight excluding hydrogens is 208 g/mol. The van der Waals surface area contributed by atoms with E-state index in [0.29, 0.717) is 25.7 Å². The standard InChI is InChI=1S/C11H22N2O3/c1-2-16-8-5-12-11(15)13-6-3-10(9-14)4-7-13/h10,14H,2-9H2,1H3,(H,12,15). The third-order valence-corrected chi connectivity index (χ3v) is 2.89. The van der Waals surface area contributed by atoms with Crippen LogP contribution in [0.2, 0.25) is 0 Å². The molecule has 0 spiro atoms. The van der Waals surface area contributed by atoms with Crippen molar-refractivity contribution in [3.05, 3.63) is 0 Å². The Morgan fingerprint density at radius 1 is 1.50 bits per heavy atom. The SMILES string of the molecule is CCOCCNC(=O)N1CCC(CO)CC1. The highest BCUT2D eigenvalue weighted by molar-refractivity contribution is 5.74. The summed E-state index contributed by atoms with van der Waals surface area (Å²) in [6, 6.07) is -0.0175. The molecular formula is C11H22N2O3. The average Bonchev–Trinajstić information content (AvgIpc) is 2.34. The Balaban J connectivity index is 2.13. The minimum Gasteiger partial charge on any atom is -0.396 e. The number of piperidine rings is 1. The van der Waals surface area contributed by atoms with Crippen LogP contribution in [0.3, 0.4) is 0 Å². The molecule has 16 heavy (non-hydrogen) atoms. The molecule has 2 amide bonds. The van der Waals surface area contributed by atoms with Crippen molar-refractivity contribution >= 4 is 6.03 Å². The number of hydrogen-bond donors (Lipinski definition) is 2.